The van der Waals surface area contributed by atoms with Crippen molar-refractivity contribution in [3.63, 3.8) is 0 Å². The Labute approximate surface area is 117 Å². The predicted octanol–water partition coefficient (Wildman–Crippen LogP) is 2.10. The lowest BCUT2D eigenvalue weighted by molar-refractivity contribution is -0.383. The molecule has 0 saturated carbocycles. The van der Waals surface area contributed by atoms with E-state index in [9.17, 15) is 15.2 Å². The quantitative estimate of drug-likeness (QED) is 0.614. The lowest BCUT2D eigenvalue weighted by Crippen LogP contribution is -2.23. The van der Waals surface area contributed by atoms with Crippen LogP contribution in [-0.4, -0.2) is 49.2 Å². The zero-order valence-electron chi connectivity index (χ0n) is 11.8. The van der Waals surface area contributed by atoms with Crippen LogP contribution in [0.3, 0.4) is 0 Å². The molecule has 1 aromatic rings. The first-order valence-corrected chi connectivity index (χ1v) is 6.96. The van der Waals surface area contributed by atoms with Gasteiger partial charge >= 0.3 is 5.69 Å². The van der Waals surface area contributed by atoms with Crippen LogP contribution >= 0.6 is 11.3 Å². The summed E-state index contributed by atoms with van der Waals surface area (Å²) in [4.78, 5) is 15.2. The third-order valence-electron chi connectivity index (χ3n) is 2.77. The number of rotatable bonds is 7. The summed E-state index contributed by atoms with van der Waals surface area (Å²) in [5.41, 5.74) is 0.0771. The van der Waals surface area contributed by atoms with Crippen molar-refractivity contribution >= 4 is 22.0 Å². The van der Waals surface area contributed by atoms with E-state index in [-0.39, 0.29) is 10.6 Å². The first-order chi connectivity index (χ1) is 8.82. The predicted molar refractivity (Wildman–Crippen MR) is 78.0 cm³/mol. The molecule has 19 heavy (non-hydrogen) atoms. The molecule has 0 amide bonds. The number of aliphatic hydroxyl groups is 1. The van der Waals surface area contributed by atoms with Crippen LogP contribution in [0.5, 0.6) is 0 Å². The Morgan fingerprint density at radius 3 is 2.53 bits per heavy atom. The van der Waals surface area contributed by atoms with Crippen molar-refractivity contribution in [3.8, 4) is 0 Å². The molecular formula is C12H21N3O3S. The topological polar surface area (TPSA) is 69.8 Å². The zero-order valence-corrected chi connectivity index (χ0v) is 12.6. The van der Waals surface area contributed by atoms with Crippen molar-refractivity contribution in [1.82, 2.24) is 4.90 Å². The molecule has 0 aliphatic carbocycles. The van der Waals surface area contributed by atoms with Crippen LogP contribution < -0.4 is 4.90 Å². The molecule has 0 spiro atoms. The summed E-state index contributed by atoms with van der Waals surface area (Å²) in [7, 11) is 5.85. The lowest BCUT2D eigenvalue weighted by Gasteiger charge is -2.18. The minimum atomic E-state index is -0.673. The fourth-order valence-electron chi connectivity index (χ4n) is 1.73. The third-order valence-corrected chi connectivity index (χ3v) is 4.18. The fourth-order valence-corrected chi connectivity index (χ4v) is 2.78. The second-order valence-electron chi connectivity index (χ2n) is 4.85. The fraction of sp³-hybridized carbons (Fsp3) is 0.667. The molecule has 6 nitrogen and oxygen atoms in total. The minimum Gasteiger partial charge on any atom is -0.388 e. The number of thiophene rings is 1. The van der Waals surface area contributed by atoms with Gasteiger partial charge in [0.15, 0.2) is 5.00 Å². The highest BCUT2D eigenvalue weighted by molar-refractivity contribution is 7.16. The highest BCUT2D eigenvalue weighted by Gasteiger charge is 2.23. The van der Waals surface area contributed by atoms with Crippen LogP contribution in [0.4, 0.5) is 10.7 Å². The highest BCUT2D eigenvalue weighted by Crippen LogP contribution is 2.39. The minimum absolute atomic E-state index is 0.0771. The van der Waals surface area contributed by atoms with E-state index in [0.29, 0.717) is 9.88 Å². The number of hydrogen-bond acceptors (Lipinski definition) is 6. The lowest BCUT2D eigenvalue weighted by atomic mass is 10.3. The molecule has 1 atom stereocenters. The van der Waals surface area contributed by atoms with Gasteiger partial charge in [-0.25, -0.2) is 0 Å². The summed E-state index contributed by atoms with van der Waals surface area (Å²) in [5.74, 6) is 0. The number of anilines is 1. The van der Waals surface area contributed by atoms with Crippen LogP contribution in [0.15, 0.2) is 6.07 Å². The Balaban J connectivity index is 2.82. The number of nitrogens with zero attached hydrogens (tertiary/aromatic N) is 3. The van der Waals surface area contributed by atoms with Gasteiger partial charge in [-0.15, -0.1) is 11.3 Å². The molecule has 108 valence electrons. The second-order valence-corrected chi connectivity index (χ2v) is 5.91. The van der Waals surface area contributed by atoms with E-state index < -0.39 is 6.10 Å². The monoisotopic (exact) mass is 287 g/mol. The highest BCUT2D eigenvalue weighted by atomic mass is 32.1. The molecule has 0 bridgehead atoms. The molecule has 1 rings (SSSR count). The van der Waals surface area contributed by atoms with Gasteiger partial charge in [-0.05, 0) is 34.0 Å². The number of hydrogen-bond donors (Lipinski definition) is 1. The van der Waals surface area contributed by atoms with E-state index in [1.165, 1.54) is 17.4 Å². The van der Waals surface area contributed by atoms with E-state index in [2.05, 4.69) is 4.90 Å². The zero-order chi connectivity index (χ0) is 14.6. The maximum Gasteiger partial charge on any atom is 0.304 e. The van der Waals surface area contributed by atoms with E-state index in [1.54, 1.807) is 6.92 Å². The van der Waals surface area contributed by atoms with Gasteiger partial charge in [0.1, 0.15) is 0 Å². The molecule has 1 heterocycles. The van der Waals surface area contributed by atoms with Crippen molar-refractivity contribution in [2.75, 3.05) is 39.1 Å². The molecular weight excluding hydrogens is 266 g/mol. The van der Waals surface area contributed by atoms with Crippen molar-refractivity contribution in [2.45, 2.75) is 19.4 Å². The van der Waals surface area contributed by atoms with Crippen LogP contribution in [0.2, 0.25) is 0 Å². The van der Waals surface area contributed by atoms with Gasteiger partial charge < -0.3 is 14.9 Å². The molecule has 7 heteroatoms. The molecule has 0 unspecified atom stereocenters. The van der Waals surface area contributed by atoms with E-state index >= 15 is 0 Å². The van der Waals surface area contributed by atoms with Crippen LogP contribution in [0, 0.1) is 10.1 Å². The summed E-state index contributed by atoms with van der Waals surface area (Å²) in [5, 5.41) is 21.2. The summed E-state index contributed by atoms with van der Waals surface area (Å²) in [6.07, 6.45) is 0.260. The van der Waals surface area contributed by atoms with Crippen molar-refractivity contribution in [3.05, 3.63) is 21.1 Å². The van der Waals surface area contributed by atoms with Crippen molar-refractivity contribution in [1.29, 1.82) is 0 Å². The molecule has 0 aliphatic heterocycles. The summed E-state index contributed by atoms with van der Waals surface area (Å²) in [6.45, 7) is 3.30. The average Bonchev–Trinajstić information content (AvgIpc) is 2.73. The van der Waals surface area contributed by atoms with Crippen molar-refractivity contribution < 1.29 is 10.0 Å². The van der Waals surface area contributed by atoms with Gasteiger partial charge in [0.2, 0.25) is 0 Å². The second kappa shape index (κ2) is 6.83. The first-order valence-electron chi connectivity index (χ1n) is 6.15. The van der Waals surface area contributed by atoms with Crippen LogP contribution in [0.25, 0.3) is 0 Å². The Bertz CT molecular complexity index is 432. The molecule has 0 radical (unpaired) electrons. The smallest absolute Gasteiger partial charge is 0.304 e. The van der Waals surface area contributed by atoms with E-state index in [0.717, 1.165) is 19.5 Å². The average molecular weight is 287 g/mol. The SMILES string of the molecule is C[C@H](O)c1cc([N+](=O)[O-])c(N(C)CCCN(C)C)s1. The Hall–Kier alpha value is -1.18. The first kappa shape index (κ1) is 15.9. The van der Waals surface area contributed by atoms with Gasteiger partial charge in [0.05, 0.1) is 11.0 Å². The number of nitro groups is 1. The largest absolute Gasteiger partial charge is 0.388 e. The molecule has 0 fully saturated rings. The van der Waals surface area contributed by atoms with Gasteiger partial charge in [0, 0.05) is 24.5 Å². The standard InChI is InChI=1S/C12H21N3O3S/c1-9(16)11-8-10(15(17)18)12(19-11)14(4)7-5-6-13(2)3/h8-9,16H,5-7H2,1-4H3/t9-/m0/s1. The van der Waals surface area contributed by atoms with Crippen molar-refractivity contribution in [2.24, 2.45) is 0 Å². The normalized spacial score (nSPS) is 12.7. The van der Waals surface area contributed by atoms with E-state index in [1.807, 2.05) is 26.0 Å². The van der Waals surface area contributed by atoms with Crippen LogP contribution in [0.1, 0.15) is 24.3 Å². The molecule has 0 aliphatic rings. The van der Waals surface area contributed by atoms with Gasteiger partial charge in [-0.3, -0.25) is 10.1 Å². The maximum atomic E-state index is 11.0. The van der Waals surface area contributed by atoms with E-state index in [4.69, 9.17) is 0 Å². The van der Waals surface area contributed by atoms with Gasteiger partial charge in [0.25, 0.3) is 0 Å². The molecule has 0 aromatic carbocycles. The maximum absolute atomic E-state index is 11.0. The van der Waals surface area contributed by atoms with Gasteiger partial charge in [-0.1, -0.05) is 0 Å². The van der Waals surface area contributed by atoms with Gasteiger partial charge in [-0.2, -0.15) is 0 Å². The molecule has 1 aromatic heterocycles. The molecule has 0 saturated heterocycles. The number of aliphatic hydroxyl groups excluding tert-OH is 1. The Morgan fingerprint density at radius 2 is 2.05 bits per heavy atom. The summed E-state index contributed by atoms with van der Waals surface area (Å²) >= 11 is 1.28. The summed E-state index contributed by atoms with van der Waals surface area (Å²) < 4.78 is 0. The molecule has 1 N–H and O–H groups in total. The van der Waals surface area contributed by atoms with Crippen LogP contribution in [-0.2, 0) is 0 Å². The third kappa shape index (κ3) is 4.45. The summed E-state index contributed by atoms with van der Waals surface area (Å²) in [6, 6.07) is 1.47. The Kier molecular flexibility index (Phi) is 5.71. The Morgan fingerprint density at radius 1 is 1.42 bits per heavy atom.